The van der Waals surface area contributed by atoms with Gasteiger partial charge in [0.05, 0.1) is 28.7 Å². The van der Waals surface area contributed by atoms with Crippen molar-refractivity contribution >= 4 is 5.91 Å². The molecule has 2 heterocycles. The highest BCUT2D eigenvalue weighted by molar-refractivity contribution is 5.95. The van der Waals surface area contributed by atoms with Gasteiger partial charge in [-0.15, -0.1) is 0 Å². The number of amides is 1. The molecule has 0 N–H and O–H groups in total. The predicted molar refractivity (Wildman–Crippen MR) is 83.1 cm³/mol. The Morgan fingerprint density at radius 2 is 1.88 bits per heavy atom. The van der Waals surface area contributed by atoms with Crippen molar-refractivity contribution in [2.45, 2.75) is 32.4 Å². The Morgan fingerprint density at radius 3 is 2.54 bits per heavy atom. The quantitative estimate of drug-likeness (QED) is 0.835. The summed E-state index contributed by atoms with van der Waals surface area (Å²) >= 11 is 0. The van der Waals surface area contributed by atoms with E-state index in [-0.39, 0.29) is 5.91 Å². The summed E-state index contributed by atoms with van der Waals surface area (Å²) in [6.45, 7) is 3.13. The van der Waals surface area contributed by atoms with E-state index in [0.29, 0.717) is 30.0 Å². The monoisotopic (exact) mass is 337 g/mol. The lowest BCUT2D eigenvalue weighted by Gasteiger charge is -2.26. The Balaban J connectivity index is 1.91. The number of hydrogen-bond donors (Lipinski definition) is 0. The van der Waals surface area contributed by atoms with Crippen LogP contribution in [0.25, 0.3) is 5.69 Å². The van der Waals surface area contributed by atoms with Gasteiger partial charge in [0, 0.05) is 13.1 Å². The van der Waals surface area contributed by atoms with Crippen LogP contribution in [-0.2, 0) is 6.18 Å². The standard InChI is InChI=1S/C17H18F3N3O/c1-12-15(16(24)22-8-3-2-4-9-22)11-21-23(12)14-7-5-6-13(10-14)17(18,19)20/h5-7,10-11H,2-4,8-9H2,1H3. The van der Waals surface area contributed by atoms with Crippen molar-refractivity contribution in [1.82, 2.24) is 14.7 Å². The fourth-order valence-corrected chi connectivity index (χ4v) is 2.96. The van der Waals surface area contributed by atoms with Crippen molar-refractivity contribution in [3.63, 3.8) is 0 Å². The summed E-state index contributed by atoms with van der Waals surface area (Å²) in [5, 5.41) is 4.13. The number of alkyl halides is 3. The molecular weight excluding hydrogens is 319 g/mol. The third-order valence-electron chi connectivity index (χ3n) is 4.30. The molecule has 24 heavy (non-hydrogen) atoms. The molecule has 0 aliphatic carbocycles. The molecule has 0 bridgehead atoms. The third-order valence-corrected chi connectivity index (χ3v) is 4.30. The van der Waals surface area contributed by atoms with Gasteiger partial charge in [-0.2, -0.15) is 18.3 Å². The van der Waals surface area contributed by atoms with Crippen molar-refractivity contribution < 1.29 is 18.0 Å². The number of hydrogen-bond acceptors (Lipinski definition) is 2. The fourth-order valence-electron chi connectivity index (χ4n) is 2.96. The molecule has 0 unspecified atom stereocenters. The van der Waals surface area contributed by atoms with E-state index in [1.807, 2.05) is 0 Å². The Labute approximate surface area is 137 Å². The summed E-state index contributed by atoms with van der Waals surface area (Å²) in [4.78, 5) is 14.4. The minimum atomic E-state index is -4.41. The maximum atomic E-state index is 12.9. The number of likely N-dealkylation sites (tertiary alicyclic amines) is 1. The molecule has 7 heteroatoms. The zero-order valence-electron chi connectivity index (χ0n) is 13.3. The highest BCUT2D eigenvalue weighted by atomic mass is 19.4. The van der Waals surface area contributed by atoms with E-state index in [9.17, 15) is 18.0 Å². The summed E-state index contributed by atoms with van der Waals surface area (Å²) in [7, 11) is 0. The maximum Gasteiger partial charge on any atom is 0.416 e. The van der Waals surface area contributed by atoms with Crippen molar-refractivity contribution in [1.29, 1.82) is 0 Å². The first-order valence-corrected chi connectivity index (χ1v) is 7.89. The van der Waals surface area contributed by atoms with Gasteiger partial charge in [0.2, 0.25) is 0 Å². The van der Waals surface area contributed by atoms with E-state index in [4.69, 9.17) is 0 Å². The molecule has 0 radical (unpaired) electrons. The van der Waals surface area contributed by atoms with E-state index in [1.165, 1.54) is 16.9 Å². The van der Waals surface area contributed by atoms with Gasteiger partial charge in [0.1, 0.15) is 0 Å². The summed E-state index contributed by atoms with van der Waals surface area (Å²) in [5.41, 5.74) is 0.540. The Bertz CT molecular complexity index is 746. The van der Waals surface area contributed by atoms with E-state index in [0.717, 1.165) is 31.4 Å². The number of piperidine rings is 1. The van der Waals surface area contributed by atoms with Crippen LogP contribution in [0.1, 0.15) is 40.9 Å². The van der Waals surface area contributed by atoms with Crippen LogP contribution >= 0.6 is 0 Å². The van der Waals surface area contributed by atoms with Gasteiger partial charge in [0.15, 0.2) is 0 Å². The Kier molecular flexibility index (Phi) is 4.34. The summed E-state index contributed by atoms with van der Waals surface area (Å²) in [5.74, 6) is -0.106. The summed E-state index contributed by atoms with van der Waals surface area (Å²) < 4.78 is 40.0. The smallest absolute Gasteiger partial charge is 0.339 e. The molecule has 0 saturated carbocycles. The van der Waals surface area contributed by atoms with E-state index < -0.39 is 11.7 Å². The average Bonchev–Trinajstić information content (AvgIpc) is 2.96. The topological polar surface area (TPSA) is 38.1 Å². The van der Waals surface area contributed by atoms with Crippen LogP contribution in [0.5, 0.6) is 0 Å². The number of halogens is 3. The minimum Gasteiger partial charge on any atom is -0.339 e. The predicted octanol–water partition coefficient (Wildman–Crippen LogP) is 3.83. The van der Waals surface area contributed by atoms with Crippen molar-refractivity contribution in [2.24, 2.45) is 0 Å². The van der Waals surface area contributed by atoms with Gasteiger partial charge in [-0.05, 0) is 44.4 Å². The molecule has 1 aromatic heterocycles. The first-order chi connectivity index (χ1) is 11.4. The third kappa shape index (κ3) is 3.16. The van der Waals surface area contributed by atoms with Crippen LogP contribution in [0.4, 0.5) is 13.2 Å². The molecule has 2 aromatic rings. The van der Waals surface area contributed by atoms with Gasteiger partial charge in [-0.1, -0.05) is 6.07 Å². The molecular formula is C17H18F3N3O. The molecule has 1 amide bonds. The molecule has 4 nitrogen and oxygen atoms in total. The first-order valence-electron chi connectivity index (χ1n) is 7.89. The largest absolute Gasteiger partial charge is 0.416 e. The lowest BCUT2D eigenvalue weighted by molar-refractivity contribution is -0.137. The fraction of sp³-hybridized carbons (Fsp3) is 0.412. The second-order valence-corrected chi connectivity index (χ2v) is 5.96. The van der Waals surface area contributed by atoms with Gasteiger partial charge in [-0.25, -0.2) is 4.68 Å². The van der Waals surface area contributed by atoms with Crippen LogP contribution in [0.3, 0.4) is 0 Å². The van der Waals surface area contributed by atoms with Crippen molar-refractivity contribution in [2.75, 3.05) is 13.1 Å². The molecule has 1 saturated heterocycles. The minimum absolute atomic E-state index is 0.106. The van der Waals surface area contributed by atoms with Crippen LogP contribution < -0.4 is 0 Å². The zero-order valence-corrected chi connectivity index (χ0v) is 13.3. The highest BCUT2D eigenvalue weighted by Crippen LogP contribution is 2.30. The Hall–Kier alpha value is -2.31. The molecule has 0 atom stereocenters. The van der Waals surface area contributed by atoms with Crippen molar-refractivity contribution in [3.05, 3.63) is 47.3 Å². The van der Waals surface area contributed by atoms with E-state index >= 15 is 0 Å². The molecule has 1 aromatic carbocycles. The number of rotatable bonds is 2. The highest BCUT2D eigenvalue weighted by Gasteiger charge is 2.31. The van der Waals surface area contributed by atoms with Gasteiger partial charge in [0.25, 0.3) is 5.91 Å². The zero-order chi connectivity index (χ0) is 17.3. The summed E-state index contributed by atoms with van der Waals surface area (Å²) in [6.07, 6.45) is 0.0986. The van der Waals surface area contributed by atoms with Crippen molar-refractivity contribution in [3.8, 4) is 5.69 Å². The number of nitrogens with zero attached hydrogens (tertiary/aromatic N) is 3. The second kappa shape index (κ2) is 6.30. The molecule has 128 valence electrons. The van der Waals surface area contributed by atoms with Gasteiger partial charge < -0.3 is 4.90 Å². The first kappa shape index (κ1) is 16.5. The molecule has 1 aliphatic rings. The molecule has 1 aliphatic heterocycles. The van der Waals surface area contributed by atoms with Crippen LogP contribution in [0, 0.1) is 6.92 Å². The van der Waals surface area contributed by atoms with Crippen LogP contribution in [0.2, 0.25) is 0 Å². The summed E-state index contributed by atoms with van der Waals surface area (Å²) in [6, 6.07) is 4.94. The Morgan fingerprint density at radius 1 is 1.17 bits per heavy atom. The van der Waals surface area contributed by atoms with Crippen LogP contribution in [0.15, 0.2) is 30.5 Å². The SMILES string of the molecule is Cc1c(C(=O)N2CCCCC2)cnn1-c1cccc(C(F)(F)F)c1. The molecule has 0 spiro atoms. The van der Waals surface area contributed by atoms with Gasteiger partial charge >= 0.3 is 6.18 Å². The average molecular weight is 337 g/mol. The number of carbonyl (C=O) groups is 1. The number of carbonyl (C=O) groups excluding carboxylic acids is 1. The molecule has 1 fully saturated rings. The number of benzene rings is 1. The maximum absolute atomic E-state index is 12.9. The lowest BCUT2D eigenvalue weighted by Crippen LogP contribution is -2.35. The van der Waals surface area contributed by atoms with Crippen LogP contribution in [-0.4, -0.2) is 33.7 Å². The normalized spacial score (nSPS) is 15.6. The van der Waals surface area contributed by atoms with E-state index in [2.05, 4.69) is 5.10 Å². The van der Waals surface area contributed by atoms with Gasteiger partial charge in [-0.3, -0.25) is 4.79 Å². The molecule has 3 rings (SSSR count). The second-order valence-electron chi connectivity index (χ2n) is 5.96. The lowest BCUT2D eigenvalue weighted by atomic mass is 10.1. The van der Waals surface area contributed by atoms with E-state index in [1.54, 1.807) is 17.9 Å². The number of aromatic nitrogens is 2.